The van der Waals surface area contributed by atoms with E-state index in [9.17, 15) is 4.79 Å². The van der Waals surface area contributed by atoms with Crippen LogP contribution >= 0.6 is 0 Å². The Morgan fingerprint density at radius 1 is 1.25 bits per heavy atom. The highest BCUT2D eigenvalue weighted by Gasteiger charge is 2.14. The van der Waals surface area contributed by atoms with Gasteiger partial charge in [-0.2, -0.15) is 0 Å². The van der Waals surface area contributed by atoms with Gasteiger partial charge in [-0.05, 0) is 50.3 Å². The van der Waals surface area contributed by atoms with Crippen molar-refractivity contribution in [3.8, 4) is 5.75 Å². The largest absolute Gasteiger partial charge is 0.490 e. The first kappa shape index (κ1) is 16.5. The second kappa shape index (κ2) is 7.95. The average Bonchev–Trinajstić information content (AvgIpc) is 3.11. The van der Waals surface area contributed by atoms with Crippen LogP contribution in [0, 0.1) is 0 Å². The maximum absolute atomic E-state index is 12.0. The monoisotopic (exact) mass is 328 g/mol. The fourth-order valence-corrected chi connectivity index (χ4v) is 2.89. The molecule has 0 radical (unpaired) electrons. The summed E-state index contributed by atoms with van der Waals surface area (Å²) in [5, 5.41) is 10.6. The Kier molecular flexibility index (Phi) is 5.46. The Morgan fingerprint density at radius 3 is 2.67 bits per heavy atom. The zero-order chi connectivity index (χ0) is 16.8. The van der Waals surface area contributed by atoms with Gasteiger partial charge in [-0.15, -0.1) is 5.10 Å². The number of hydrogen-bond acceptors (Lipinski definition) is 4. The van der Waals surface area contributed by atoms with Crippen molar-refractivity contribution in [3.63, 3.8) is 0 Å². The van der Waals surface area contributed by atoms with E-state index in [2.05, 4.69) is 15.6 Å². The van der Waals surface area contributed by atoms with E-state index in [-0.39, 0.29) is 5.91 Å². The van der Waals surface area contributed by atoms with E-state index in [4.69, 9.17) is 4.74 Å². The molecule has 6 heteroatoms. The molecule has 1 N–H and O–H groups in total. The SMILES string of the molecule is CCn1cc(C(=O)NCc2ccc(OC3CCCCC3)cc2)nn1. The lowest BCUT2D eigenvalue weighted by Gasteiger charge is -2.23. The molecule has 1 aromatic heterocycles. The average molecular weight is 328 g/mol. The number of benzene rings is 1. The molecule has 0 aliphatic heterocycles. The summed E-state index contributed by atoms with van der Waals surface area (Å²) in [5.41, 5.74) is 1.37. The second-order valence-electron chi connectivity index (χ2n) is 6.16. The zero-order valence-electron chi connectivity index (χ0n) is 14.1. The molecular weight excluding hydrogens is 304 g/mol. The van der Waals surface area contributed by atoms with Crippen molar-refractivity contribution in [1.82, 2.24) is 20.3 Å². The van der Waals surface area contributed by atoms with E-state index in [1.54, 1.807) is 10.9 Å². The van der Waals surface area contributed by atoms with Crippen LogP contribution in [0.3, 0.4) is 0 Å². The van der Waals surface area contributed by atoms with Gasteiger partial charge in [0, 0.05) is 13.1 Å². The molecule has 0 spiro atoms. The number of hydrogen-bond donors (Lipinski definition) is 1. The molecule has 1 aromatic carbocycles. The molecule has 1 saturated carbocycles. The van der Waals surface area contributed by atoms with Crippen LogP contribution < -0.4 is 10.1 Å². The first-order valence-corrected chi connectivity index (χ1v) is 8.68. The highest BCUT2D eigenvalue weighted by atomic mass is 16.5. The van der Waals surface area contributed by atoms with Gasteiger partial charge in [0.15, 0.2) is 5.69 Å². The Labute approximate surface area is 142 Å². The molecule has 3 rings (SSSR count). The summed E-state index contributed by atoms with van der Waals surface area (Å²) < 4.78 is 7.64. The summed E-state index contributed by atoms with van der Waals surface area (Å²) >= 11 is 0. The van der Waals surface area contributed by atoms with Crippen molar-refractivity contribution < 1.29 is 9.53 Å². The van der Waals surface area contributed by atoms with Crippen molar-refractivity contribution in [2.24, 2.45) is 0 Å². The number of nitrogens with zero attached hydrogens (tertiary/aromatic N) is 3. The Morgan fingerprint density at radius 2 is 2.00 bits per heavy atom. The number of carbonyl (C=O) groups excluding carboxylic acids is 1. The fraction of sp³-hybridized carbons (Fsp3) is 0.500. The summed E-state index contributed by atoms with van der Waals surface area (Å²) in [6.07, 6.45) is 8.15. The minimum absolute atomic E-state index is 0.211. The molecule has 1 heterocycles. The van der Waals surface area contributed by atoms with E-state index in [1.807, 2.05) is 31.2 Å². The minimum Gasteiger partial charge on any atom is -0.490 e. The van der Waals surface area contributed by atoms with E-state index in [0.717, 1.165) is 24.2 Å². The molecule has 2 aromatic rings. The fourth-order valence-electron chi connectivity index (χ4n) is 2.89. The number of aromatic nitrogens is 3. The predicted molar refractivity (Wildman–Crippen MR) is 90.8 cm³/mol. The number of ether oxygens (including phenoxy) is 1. The first-order valence-electron chi connectivity index (χ1n) is 8.68. The van der Waals surface area contributed by atoms with Gasteiger partial charge >= 0.3 is 0 Å². The topological polar surface area (TPSA) is 69.0 Å². The zero-order valence-corrected chi connectivity index (χ0v) is 14.1. The van der Waals surface area contributed by atoms with E-state index in [0.29, 0.717) is 24.9 Å². The van der Waals surface area contributed by atoms with Crippen LogP contribution in [0.4, 0.5) is 0 Å². The van der Waals surface area contributed by atoms with Crippen LogP contribution in [0.2, 0.25) is 0 Å². The highest BCUT2D eigenvalue weighted by Crippen LogP contribution is 2.23. The molecule has 128 valence electrons. The molecule has 1 amide bonds. The third kappa shape index (κ3) is 4.34. The lowest BCUT2D eigenvalue weighted by molar-refractivity contribution is 0.0946. The summed E-state index contributed by atoms with van der Waals surface area (Å²) in [7, 11) is 0. The van der Waals surface area contributed by atoms with E-state index >= 15 is 0 Å². The maximum atomic E-state index is 12.0. The number of carbonyl (C=O) groups is 1. The molecule has 1 fully saturated rings. The molecule has 1 aliphatic rings. The van der Waals surface area contributed by atoms with Gasteiger partial charge in [0.2, 0.25) is 0 Å². The molecule has 0 atom stereocenters. The highest BCUT2D eigenvalue weighted by molar-refractivity contribution is 5.91. The van der Waals surface area contributed by atoms with Crippen molar-refractivity contribution in [2.75, 3.05) is 0 Å². The van der Waals surface area contributed by atoms with Crippen LogP contribution in [0.1, 0.15) is 55.1 Å². The Hall–Kier alpha value is -2.37. The molecule has 6 nitrogen and oxygen atoms in total. The molecule has 0 saturated heterocycles. The van der Waals surface area contributed by atoms with Gasteiger partial charge in [0.25, 0.3) is 5.91 Å². The molecule has 0 unspecified atom stereocenters. The van der Waals surface area contributed by atoms with Crippen LogP contribution in [0.15, 0.2) is 30.5 Å². The maximum Gasteiger partial charge on any atom is 0.273 e. The third-order valence-electron chi connectivity index (χ3n) is 4.33. The number of nitrogens with one attached hydrogen (secondary N) is 1. The first-order chi connectivity index (χ1) is 11.7. The standard InChI is InChI=1S/C18H24N4O2/c1-2-22-13-17(20-21-22)18(23)19-12-14-8-10-16(11-9-14)24-15-6-4-3-5-7-15/h8-11,13,15H,2-7,12H2,1H3,(H,19,23). The van der Waals surface area contributed by atoms with Gasteiger partial charge in [-0.1, -0.05) is 23.8 Å². The Bertz CT molecular complexity index is 660. The van der Waals surface area contributed by atoms with Crippen LogP contribution in [0.25, 0.3) is 0 Å². The van der Waals surface area contributed by atoms with Gasteiger partial charge in [-0.3, -0.25) is 9.48 Å². The minimum atomic E-state index is -0.211. The van der Waals surface area contributed by atoms with Gasteiger partial charge < -0.3 is 10.1 Å². The predicted octanol–water partition coefficient (Wildman–Crippen LogP) is 2.94. The van der Waals surface area contributed by atoms with Crippen molar-refractivity contribution in [3.05, 3.63) is 41.7 Å². The van der Waals surface area contributed by atoms with Crippen molar-refractivity contribution >= 4 is 5.91 Å². The quantitative estimate of drug-likeness (QED) is 0.885. The van der Waals surface area contributed by atoms with Crippen LogP contribution in [-0.2, 0) is 13.1 Å². The molecule has 1 aliphatic carbocycles. The Balaban J connectivity index is 1.49. The molecular formula is C18H24N4O2. The smallest absolute Gasteiger partial charge is 0.273 e. The summed E-state index contributed by atoms with van der Waals surface area (Å²) in [6.45, 7) is 3.11. The van der Waals surface area contributed by atoms with E-state index < -0.39 is 0 Å². The normalized spacial score (nSPS) is 15.2. The molecule has 0 bridgehead atoms. The summed E-state index contributed by atoms with van der Waals surface area (Å²) in [4.78, 5) is 12.0. The summed E-state index contributed by atoms with van der Waals surface area (Å²) in [5.74, 6) is 0.695. The van der Waals surface area contributed by atoms with Crippen molar-refractivity contribution in [1.29, 1.82) is 0 Å². The van der Waals surface area contributed by atoms with Crippen LogP contribution in [-0.4, -0.2) is 27.0 Å². The third-order valence-corrected chi connectivity index (χ3v) is 4.33. The molecule has 24 heavy (non-hydrogen) atoms. The summed E-state index contributed by atoms with van der Waals surface area (Å²) in [6, 6.07) is 7.93. The number of amides is 1. The second-order valence-corrected chi connectivity index (χ2v) is 6.16. The number of rotatable bonds is 6. The van der Waals surface area contributed by atoms with Crippen molar-refractivity contribution in [2.45, 2.75) is 58.2 Å². The van der Waals surface area contributed by atoms with Crippen LogP contribution in [0.5, 0.6) is 5.75 Å². The van der Waals surface area contributed by atoms with Gasteiger partial charge in [0.1, 0.15) is 5.75 Å². The number of aryl methyl sites for hydroxylation is 1. The lowest BCUT2D eigenvalue weighted by atomic mass is 9.98. The van der Waals surface area contributed by atoms with E-state index in [1.165, 1.54) is 19.3 Å². The lowest BCUT2D eigenvalue weighted by Crippen LogP contribution is -2.23. The van der Waals surface area contributed by atoms with Gasteiger partial charge in [-0.25, -0.2) is 0 Å². The van der Waals surface area contributed by atoms with Gasteiger partial charge in [0.05, 0.1) is 12.3 Å².